The van der Waals surface area contributed by atoms with E-state index in [9.17, 15) is 0 Å². The average molecular weight is 349 g/mol. The molecule has 1 heterocycles. The van der Waals surface area contributed by atoms with Crippen molar-refractivity contribution >= 4 is 15.9 Å². The molecule has 0 aliphatic rings. The number of pyridine rings is 1. The molecule has 2 aromatic rings. The lowest BCUT2D eigenvalue weighted by atomic mass is 10.0. The van der Waals surface area contributed by atoms with Crippen LogP contribution in [-0.2, 0) is 11.2 Å². The van der Waals surface area contributed by atoms with Crippen LogP contribution in [0.15, 0.2) is 53.1 Å². The number of halogens is 1. The molecule has 0 bridgehead atoms. The van der Waals surface area contributed by atoms with Crippen LogP contribution < -0.4 is 5.73 Å². The van der Waals surface area contributed by atoms with Gasteiger partial charge in [0.05, 0.1) is 12.7 Å². The van der Waals surface area contributed by atoms with Gasteiger partial charge in [-0.15, -0.1) is 0 Å². The van der Waals surface area contributed by atoms with Crippen LogP contribution in [0.25, 0.3) is 0 Å². The highest BCUT2D eigenvalue weighted by Crippen LogP contribution is 2.24. The molecule has 0 saturated heterocycles. The first-order valence-corrected chi connectivity index (χ1v) is 8.02. The lowest BCUT2D eigenvalue weighted by Crippen LogP contribution is -2.30. The van der Waals surface area contributed by atoms with Crippen LogP contribution in [0.1, 0.15) is 30.7 Å². The lowest BCUT2D eigenvalue weighted by Gasteiger charge is -2.24. The Bertz CT molecular complexity index is 530. The smallest absolute Gasteiger partial charge is 0.0975 e. The normalized spacial score (nSPS) is 13.9. The van der Waals surface area contributed by atoms with Crippen molar-refractivity contribution < 1.29 is 4.74 Å². The summed E-state index contributed by atoms with van der Waals surface area (Å²) >= 11 is 3.45. The first-order valence-electron chi connectivity index (χ1n) is 7.23. The zero-order valence-corrected chi connectivity index (χ0v) is 13.8. The zero-order valence-electron chi connectivity index (χ0n) is 12.2. The Hall–Kier alpha value is -1.23. The Balaban J connectivity index is 1.98. The van der Waals surface area contributed by atoms with Crippen molar-refractivity contribution in [3.8, 4) is 0 Å². The van der Waals surface area contributed by atoms with E-state index in [0.29, 0.717) is 6.61 Å². The van der Waals surface area contributed by atoms with Crippen molar-refractivity contribution in [1.29, 1.82) is 0 Å². The van der Waals surface area contributed by atoms with Gasteiger partial charge in [0.25, 0.3) is 0 Å². The van der Waals surface area contributed by atoms with Gasteiger partial charge < -0.3 is 10.5 Å². The molecule has 2 atom stereocenters. The quantitative estimate of drug-likeness (QED) is 0.825. The van der Waals surface area contributed by atoms with E-state index in [-0.39, 0.29) is 12.1 Å². The molecule has 0 spiro atoms. The third kappa shape index (κ3) is 4.92. The van der Waals surface area contributed by atoms with Crippen molar-refractivity contribution in [2.45, 2.75) is 31.9 Å². The molecule has 0 amide bonds. The second-order valence-corrected chi connectivity index (χ2v) is 5.90. The first-order chi connectivity index (χ1) is 10.2. The third-order valence-corrected chi connectivity index (χ3v) is 3.97. The summed E-state index contributed by atoms with van der Waals surface area (Å²) in [6.07, 6.45) is 3.40. The molecule has 4 heteroatoms. The molecular formula is C17H21BrN2O. The Labute approximate surface area is 134 Å². The minimum Gasteiger partial charge on any atom is -0.371 e. The van der Waals surface area contributed by atoms with Gasteiger partial charge in [0.1, 0.15) is 0 Å². The highest BCUT2D eigenvalue weighted by atomic mass is 79.9. The maximum absolute atomic E-state index is 6.21. The van der Waals surface area contributed by atoms with E-state index in [4.69, 9.17) is 10.5 Å². The molecule has 2 N–H and O–H groups in total. The lowest BCUT2D eigenvalue weighted by molar-refractivity contribution is 0.0351. The largest absolute Gasteiger partial charge is 0.371 e. The number of hydrogen-bond acceptors (Lipinski definition) is 3. The topological polar surface area (TPSA) is 48.1 Å². The van der Waals surface area contributed by atoms with Crippen LogP contribution in [-0.4, -0.2) is 17.6 Å². The fraction of sp³-hybridized carbons (Fsp3) is 0.353. The highest BCUT2D eigenvalue weighted by Gasteiger charge is 2.19. The molecule has 0 fully saturated rings. The minimum atomic E-state index is -0.0770. The summed E-state index contributed by atoms with van der Waals surface area (Å²) in [6.45, 7) is 2.70. The van der Waals surface area contributed by atoms with Gasteiger partial charge in [-0.05, 0) is 36.2 Å². The van der Waals surface area contributed by atoms with Crippen LogP contribution in [0.2, 0.25) is 0 Å². The van der Waals surface area contributed by atoms with E-state index >= 15 is 0 Å². The number of hydrogen-bond donors (Lipinski definition) is 1. The molecule has 1 aromatic heterocycles. The van der Waals surface area contributed by atoms with E-state index in [1.165, 1.54) is 0 Å². The maximum Gasteiger partial charge on any atom is 0.0975 e. The third-order valence-electron chi connectivity index (χ3n) is 3.44. The van der Waals surface area contributed by atoms with Gasteiger partial charge in [0.15, 0.2) is 0 Å². The molecular weight excluding hydrogens is 328 g/mol. The van der Waals surface area contributed by atoms with Crippen LogP contribution in [0.4, 0.5) is 0 Å². The van der Waals surface area contributed by atoms with Gasteiger partial charge in [-0.25, -0.2) is 0 Å². The molecule has 21 heavy (non-hydrogen) atoms. The van der Waals surface area contributed by atoms with Gasteiger partial charge >= 0.3 is 0 Å². The monoisotopic (exact) mass is 348 g/mol. The summed E-state index contributed by atoms with van der Waals surface area (Å²) in [5, 5.41) is 0. The van der Waals surface area contributed by atoms with Gasteiger partial charge in [-0.1, -0.05) is 41.1 Å². The van der Waals surface area contributed by atoms with E-state index in [1.54, 1.807) is 6.20 Å². The number of benzene rings is 1. The molecule has 0 saturated carbocycles. The van der Waals surface area contributed by atoms with Gasteiger partial charge in [0, 0.05) is 28.8 Å². The Morgan fingerprint density at radius 2 is 1.95 bits per heavy atom. The minimum absolute atomic E-state index is 0.00471. The predicted octanol–water partition coefficient (Wildman–Crippen LogP) is 3.88. The molecule has 1 aromatic carbocycles. The maximum atomic E-state index is 6.21. The van der Waals surface area contributed by atoms with Gasteiger partial charge in [-0.3, -0.25) is 4.98 Å². The van der Waals surface area contributed by atoms with Crippen molar-refractivity contribution in [3.05, 3.63) is 64.4 Å². The number of nitrogens with zero attached hydrogens (tertiary/aromatic N) is 1. The van der Waals surface area contributed by atoms with E-state index in [0.717, 1.165) is 28.6 Å². The molecule has 112 valence electrons. The van der Waals surface area contributed by atoms with E-state index < -0.39 is 0 Å². The van der Waals surface area contributed by atoms with Gasteiger partial charge in [0.2, 0.25) is 0 Å². The molecule has 2 unspecified atom stereocenters. The summed E-state index contributed by atoms with van der Waals surface area (Å²) in [5.74, 6) is 0. The second-order valence-electron chi connectivity index (χ2n) is 4.99. The number of nitrogens with two attached hydrogens (primary N) is 1. The Kier molecular flexibility index (Phi) is 6.36. The molecule has 0 aliphatic carbocycles. The molecule has 0 aliphatic heterocycles. The first kappa shape index (κ1) is 16.1. The summed E-state index contributed by atoms with van der Waals surface area (Å²) in [5.41, 5.74) is 8.37. The number of ether oxygens (including phenoxy) is 1. The second kappa shape index (κ2) is 8.27. The van der Waals surface area contributed by atoms with Crippen LogP contribution >= 0.6 is 15.9 Å². The Morgan fingerprint density at radius 3 is 2.57 bits per heavy atom. The average Bonchev–Trinajstić information content (AvgIpc) is 2.53. The summed E-state index contributed by atoms with van der Waals surface area (Å²) in [7, 11) is 0. The summed E-state index contributed by atoms with van der Waals surface area (Å²) in [6, 6.07) is 14.1. The Morgan fingerprint density at radius 1 is 1.19 bits per heavy atom. The standard InChI is InChI=1S/C17H21BrN2O/c1-2-16(19)17(13-6-8-14(18)9-7-13)21-12-10-15-5-3-4-11-20-15/h3-9,11,16-17H,2,10,12,19H2,1H3. The van der Waals surface area contributed by atoms with Crippen LogP contribution in [0, 0.1) is 0 Å². The number of rotatable bonds is 7. The summed E-state index contributed by atoms with van der Waals surface area (Å²) < 4.78 is 7.10. The highest BCUT2D eigenvalue weighted by molar-refractivity contribution is 9.10. The van der Waals surface area contributed by atoms with Gasteiger partial charge in [-0.2, -0.15) is 0 Å². The van der Waals surface area contributed by atoms with Crippen LogP contribution in [0.3, 0.4) is 0 Å². The SMILES string of the molecule is CCC(N)C(OCCc1ccccn1)c1ccc(Br)cc1. The molecule has 0 radical (unpaired) electrons. The predicted molar refractivity (Wildman–Crippen MR) is 89.0 cm³/mol. The fourth-order valence-electron chi connectivity index (χ4n) is 2.17. The molecule has 3 nitrogen and oxygen atoms in total. The fourth-order valence-corrected chi connectivity index (χ4v) is 2.43. The van der Waals surface area contributed by atoms with Crippen molar-refractivity contribution in [1.82, 2.24) is 4.98 Å². The van der Waals surface area contributed by atoms with Crippen molar-refractivity contribution in [2.24, 2.45) is 5.73 Å². The van der Waals surface area contributed by atoms with E-state index in [1.807, 2.05) is 30.3 Å². The van der Waals surface area contributed by atoms with Crippen LogP contribution in [0.5, 0.6) is 0 Å². The molecule has 2 rings (SSSR count). The van der Waals surface area contributed by atoms with Crippen molar-refractivity contribution in [2.75, 3.05) is 6.61 Å². The van der Waals surface area contributed by atoms with Crippen molar-refractivity contribution in [3.63, 3.8) is 0 Å². The number of aromatic nitrogens is 1. The summed E-state index contributed by atoms with van der Waals surface area (Å²) in [4.78, 5) is 4.31. The zero-order chi connectivity index (χ0) is 15.1. The van der Waals surface area contributed by atoms with E-state index in [2.05, 4.69) is 40.0 Å².